The van der Waals surface area contributed by atoms with E-state index in [1.807, 2.05) is 49.1 Å². The molecule has 1 aliphatic rings. The van der Waals surface area contributed by atoms with Crippen molar-refractivity contribution in [2.24, 2.45) is 0 Å². The molecule has 0 aromatic heterocycles. The second-order valence-electron chi connectivity index (χ2n) is 6.89. The first-order valence-corrected chi connectivity index (χ1v) is 9.47. The van der Waals surface area contributed by atoms with E-state index < -0.39 is 0 Å². The minimum Gasteiger partial charge on any atom is -0.493 e. The highest BCUT2D eigenvalue weighted by Crippen LogP contribution is 2.28. The molecule has 0 saturated heterocycles. The Bertz CT molecular complexity index is 879. The Morgan fingerprint density at radius 2 is 1.93 bits per heavy atom. The summed E-state index contributed by atoms with van der Waals surface area (Å²) in [6, 6.07) is 11.4. The van der Waals surface area contributed by atoms with E-state index in [0.717, 1.165) is 24.1 Å². The number of hydrogen-bond donors (Lipinski definition) is 1. The fourth-order valence-corrected chi connectivity index (χ4v) is 3.31. The zero-order chi connectivity index (χ0) is 20.1. The van der Waals surface area contributed by atoms with Crippen molar-refractivity contribution in [2.75, 3.05) is 25.6 Å². The van der Waals surface area contributed by atoms with Crippen molar-refractivity contribution in [3.8, 4) is 11.5 Å². The highest BCUT2D eigenvalue weighted by Gasteiger charge is 2.20. The lowest BCUT2D eigenvalue weighted by Crippen LogP contribution is -2.35. The van der Waals surface area contributed by atoms with Gasteiger partial charge in [-0.25, -0.2) is 0 Å². The van der Waals surface area contributed by atoms with Gasteiger partial charge in [0.25, 0.3) is 5.91 Å². The van der Waals surface area contributed by atoms with Crippen molar-refractivity contribution in [1.82, 2.24) is 4.90 Å². The van der Waals surface area contributed by atoms with Gasteiger partial charge in [-0.1, -0.05) is 19.1 Å². The zero-order valence-corrected chi connectivity index (χ0v) is 16.6. The Kier molecular flexibility index (Phi) is 6.19. The number of carbonyl (C=O) groups excluding carboxylic acids is 2. The topological polar surface area (TPSA) is 67.9 Å². The Morgan fingerprint density at radius 1 is 1.11 bits per heavy atom. The molecule has 0 aliphatic carbocycles. The third kappa shape index (κ3) is 4.63. The summed E-state index contributed by atoms with van der Waals surface area (Å²) in [5.41, 5.74) is 4.05. The molecule has 2 aromatic rings. The molecule has 2 amide bonds. The van der Waals surface area contributed by atoms with Gasteiger partial charge in [0.15, 0.2) is 18.1 Å². The summed E-state index contributed by atoms with van der Waals surface area (Å²) in [4.78, 5) is 26.1. The lowest BCUT2D eigenvalue weighted by atomic mass is 9.99. The molecule has 2 aromatic carbocycles. The first kappa shape index (κ1) is 19.7. The third-order valence-corrected chi connectivity index (χ3v) is 4.84. The molecular weight excluding hydrogens is 356 g/mol. The van der Waals surface area contributed by atoms with E-state index in [9.17, 15) is 9.59 Å². The van der Waals surface area contributed by atoms with E-state index in [2.05, 4.69) is 5.32 Å². The van der Waals surface area contributed by atoms with Crippen LogP contribution >= 0.6 is 0 Å². The summed E-state index contributed by atoms with van der Waals surface area (Å²) in [5.74, 6) is 1.03. The van der Waals surface area contributed by atoms with Gasteiger partial charge in [0.1, 0.15) is 0 Å². The van der Waals surface area contributed by atoms with Gasteiger partial charge in [-0.05, 0) is 54.3 Å². The SMILES string of the molecule is CCC(=O)N1CCc2ccc(NC(=O)COc3ccc(C)cc3OC)cc2C1. The Labute approximate surface area is 165 Å². The largest absolute Gasteiger partial charge is 0.493 e. The van der Waals surface area contributed by atoms with Crippen LogP contribution in [0.1, 0.15) is 30.0 Å². The van der Waals surface area contributed by atoms with Gasteiger partial charge in [0, 0.05) is 25.2 Å². The van der Waals surface area contributed by atoms with Crippen molar-refractivity contribution in [3.05, 3.63) is 53.1 Å². The molecule has 0 saturated carbocycles. The molecule has 0 radical (unpaired) electrons. The van der Waals surface area contributed by atoms with E-state index in [-0.39, 0.29) is 18.4 Å². The van der Waals surface area contributed by atoms with Crippen molar-refractivity contribution >= 4 is 17.5 Å². The van der Waals surface area contributed by atoms with Gasteiger partial charge in [0.2, 0.25) is 5.91 Å². The van der Waals surface area contributed by atoms with Crippen LogP contribution in [0.5, 0.6) is 11.5 Å². The van der Waals surface area contributed by atoms with Crippen LogP contribution in [0, 0.1) is 6.92 Å². The van der Waals surface area contributed by atoms with Gasteiger partial charge in [-0.3, -0.25) is 9.59 Å². The summed E-state index contributed by atoms with van der Waals surface area (Å²) < 4.78 is 10.9. The van der Waals surface area contributed by atoms with Crippen LogP contribution in [0.3, 0.4) is 0 Å². The van der Waals surface area contributed by atoms with Gasteiger partial charge in [0.05, 0.1) is 7.11 Å². The lowest BCUT2D eigenvalue weighted by molar-refractivity contribution is -0.131. The number of methoxy groups -OCH3 is 1. The van der Waals surface area contributed by atoms with Crippen molar-refractivity contribution in [2.45, 2.75) is 33.2 Å². The van der Waals surface area contributed by atoms with Gasteiger partial charge < -0.3 is 19.7 Å². The van der Waals surface area contributed by atoms with E-state index >= 15 is 0 Å². The van der Waals surface area contributed by atoms with Crippen LogP contribution < -0.4 is 14.8 Å². The number of amides is 2. The van der Waals surface area contributed by atoms with E-state index in [4.69, 9.17) is 9.47 Å². The smallest absolute Gasteiger partial charge is 0.262 e. The Morgan fingerprint density at radius 3 is 2.68 bits per heavy atom. The minimum atomic E-state index is -0.250. The van der Waals surface area contributed by atoms with E-state index in [0.29, 0.717) is 30.2 Å². The minimum absolute atomic E-state index is 0.114. The fourth-order valence-electron chi connectivity index (χ4n) is 3.31. The predicted octanol–water partition coefficient (Wildman–Crippen LogP) is 3.32. The highest BCUT2D eigenvalue weighted by atomic mass is 16.5. The number of hydrogen-bond acceptors (Lipinski definition) is 4. The molecular formula is C22H26N2O4. The van der Waals surface area contributed by atoms with Crippen LogP contribution in [-0.4, -0.2) is 37.0 Å². The normalized spacial score (nSPS) is 12.9. The van der Waals surface area contributed by atoms with Crippen molar-refractivity contribution in [1.29, 1.82) is 0 Å². The lowest BCUT2D eigenvalue weighted by Gasteiger charge is -2.29. The molecule has 0 unspecified atom stereocenters. The molecule has 6 nitrogen and oxygen atoms in total. The molecule has 148 valence electrons. The maximum atomic E-state index is 12.3. The number of benzene rings is 2. The molecule has 1 aliphatic heterocycles. The molecule has 1 N–H and O–H groups in total. The van der Waals surface area contributed by atoms with Crippen LogP contribution in [0.25, 0.3) is 0 Å². The molecule has 0 bridgehead atoms. The molecule has 0 fully saturated rings. The molecule has 0 spiro atoms. The summed E-state index contributed by atoms with van der Waals surface area (Å²) in [5, 5.41) is 2.86. The second-order valence-corrected chi connectivity index (χ2v) is 6.89. The number of aryl methyl sites for hydroxylation is 1. The number of fused-ring (bicyclic) bond motifs is 1. The summed E-state index contributed by atoms with van der Waals surface area (Å²) >= 11 is 0. The number of carbonyl (C=O) groups is 2. The second kappa shape index (κ2) is 8.78. The maximum absolute atomic E-state index is 12.3. The highest BCUT2D eigenvalue weighted by molar-refractivity contribution is 5.92. The monoisotopic (exact) mass is 382 g/mol. The van der Waals surface area contributed by atoms with Crippen molar-refractivity contribution < 1.29 is 19.1 Å². The zero-order valence-electron chi connectivity index (χ0n) is 16.6. The molecule has 28 heavy (non-hydrogen) atoms. The first-order valence-electron chi connectivity index (χ1n) is 9.47. The van der Waals surface area contributed by atoms with E-state index in [1.54, 1.807) is 13.2 Å². The van der Waals surface area contributed by atoms with E-state index in [1.165, 1.54) is 5.56 Å². The van der Waals surface area contributed by atoms with Crippen LogP contribution in [0.15, 0.2) is 36.4 Å². The fraction of sp³-hybridized carbons (Fsp3) is 0.364. The summed E-state index contributed by atoms with van der Waals surface area (Å²) in [6.07, 6.45) is 1.34. The quantitative estimate of drug-likeness (QED) is 0.832. The molecule has 6 heteroatoms. The molecule has 1 heterocycles. The maximum Gasteiger partial charge on any atom is 0.262 e. The molecule has 3 rings (SSSR count). The third-order valence-electron chi connectivity index (χ3n) is 4.84. The predicted molar refractivity (Wildman–Crippen MR) is 108 cm³/mol. The number of nitrogens with zero attached hydrogens (tertiary/aromatic N) is 1. The number of rotatable bonds is 6. The summed E-state index contributed by atoms with van der Waals surface area (Å²) in [6.45, 7) is 5.05. The standard InChI is InChI=1S/C22H26N2O4/c1-4-22(26)24-10-9-16-6-7-18(12-17(16)13-24)23-21(25)14-28-19-8-5-15(2)11-20(19)27-3/h5-8,11-12H,4,9-10,13-14H2,1-3H3,(H,23,25). The van der Waals surface area contributed by atoms with Crippen LogP contribution in [0.2, 0.25) is 0 Å². The Hall–Kier alpha value is -3.02. The van der Waals surface area contributed by atoms with Gasteiger partial charge in [-0.2, -0.15) is 0 Å². The number of anilines is 1. The van der Waals surface area contributed by atoms with Gasteiger partial charge in [-0.15, -0.1) is 0 Å². The van der Waals surface area contributed by atoms with Crippen LogP contribution in [-0.2, 0) is 22.6 Å². The molecule has 0 atom stereocenters. The number of nitrogens with one attached hydrogen (secondary N) is 1. The van der Waals surface area contributed by atoms with Crippen LogP contribution in [0.4, 0.5) is 5.69 Å². The average molecular weight is 382 g/mol. The van der Waals surface area contributed by atoms with Crippen molar-refractivity contribution in [3.63, 3.8) is 0 Å². The van der Waals surface area contributed by atoms with Gasteiger partial charge >= 0.3 is 0 Å². The number of ether oxygens (including phenoxy) is 2. The Balaban J connectivity index is 1.61. The average Bonchev–Trinajstić information content (AvgIpc) is 2.71. The first-order chi connectivity index (χ1) is 13.5. The summed E-state index contributed by atoms with van der Waals surface area (Å²) in [7, 11) is 1.57.